The molecule has 0 saturated heterocycles. The monoisotopic (exact) mass is 416 g/mol. The minimum Gasteiger partial charge on any atom is -0.350 e. The molecule has 146 valence electrons. The molecule has 0 saturated carbocycles. The Kier molecular flexibility index (Phi) is 5.91. The third-order valence-electron chi connectivity index (χ3n) is 4.49. The lowest BCUT2D eigenvalue weighted by Crippen LogP contribution is -2.40. The first kappa shape index (κ1) is 20.2. The van der Waals surface area contributed by atoms with Crippen molar-refractivity contribution in [2.45, 2.75) is 13.5 Å². The Hall–Kier alpha value is -2.57. The predicted molar refractivity (Wildman–Crippen MR) is 114 cm³/mol. The lowest BCUT2D eigenvalue weighted by atomic mass is 10.0. The van der Waals surface area contributed by atoms with E-state index in [2.05, 4.69) is 5.32 Å². The van der Waals surface area contributed by atoms with Crippen molar-refractivity contribution < 1.29 is 13.2 Å². The van der Waals surface area contributed by atoms with Gasteiger partial charge >= 0.3 is 0 Å². The van der Waals surface area contributed by atoms with E-state index in [9.17, 15) is 13.2 Å². The van der Waals surface area contributed by atoms with E-state index in [1.165, 1.54) is 0 Å². The molecule has 3 aromatic carbocycles. The number of amides is 1. The highest BCUT2D eigenvalue weighted by Gasteiger charge is 2.21. The molecule has 7 heteroatoms. The molecule has 0 aromatic heterocycles. The lowest BCUT2D eigenvalue weighted by molar-refractivity contribution is -0.119. The summed E-state index contributed by atoms with van der Waals surface area (Å²) in [6.07, 6.45) is 1.07. The molecule has 0 atom stereocenters. The van der Waals surface area contributed by atoms with Gasteiger partial charge in [-0.3, -0.25) is 9.10 Å². The zero-order chi connectivity index (χ0) is 20.3. The highest BCUT2D eigenvalue weighted by Crippen LogP contribution is 2.25. The van der Waals surface area contributed by atoms with Crippen molar-refractivity contribution in [1.29, 1.82) is 0 Å². The molecule has 0 fully saturated rings. The molecule has 0 radical (unpaired) electrons. The number of aryl methyl sites for hydroxylation is 1. The fraction of sp³-hybridized carbons (Fsp3) is 0.190. The molecule has 3 rings (SSSR count). The summed E-state index contributed by atoms with van der Waals surface area (Å²) in [4.78, 5) is 12.5. The minimum atomic E-state index is -3.65. The molecule has 5 nitrogen and oxygen atoms in total. The number of fused-ring (bicyclic) bond motifs is 1. The SMILES string of the molecule is Cc1ccc(N(CC(=O)NCc2cccc3ccccc23)S(C)(=O)=O)cc1Cl. The van der Waals surface area contributed by atoms with Crippen molar-refractivity contribution in [3.8, 4) is 0 Å². The summed E-state index contributed by atoms with van der Waals surface area (Å²) >= 11 is 6.12. The summed E-state index contributed by atoms with van der Waals surface area (Å²) in [6, 6.07) is 18.7. The molecule has 28 heavy (non-hydrogen) atoms. The Labute approximate surface area is 170 Å². The zero-order valence-electron chi connectivity index (χ0n) is 15.6. The van der Waals surface area contributed by atoms with Gasteiger partial charge in [-0.1, -0.05) is 60.1 Å². The fourth-order valence-corrected chi connectivity index (χ4v) is 3.99. The number of sulfonamides is 1. The standard InChI is InChI=1S/C21H21ClN2O3S/c1-15-10-11-18(12-20(15)22)24(28(2,26)27)14-21(25)23-13-17-8-5-7-16-6-3-4-9-19(16)17/h3-12H,13-14H2,1-2H3,(H,23,25). The van der Waals surface area contributed by atoms with Crippen LogP contribution in [-0.2, 0) is 21.4 Å². The maximum Gasteiger partial charge on any atom is 0.241 e. The van der Waals surface area contributed by atoms with Crippen LogP contribution in [0.15, 0.2) is 60.7 Å². The average molecular weight is 417 g/mol. The Morgan fingerprint density at radius 3 is 2.50 bits per heavy atom. The maximum atomic E-state index is 12.5. The molecular weight excluding hydrogens is 396 g/mol. The van der Waals surface area contributed by atoms with Crippen molar-refractivity contribution >= 4 is 44.0 Å². The molecular formula is C21H21ClN2O3S. The van der Waals surface area contributed by atoms with Gasteiger partial charge in [0.15, 0.2) is 0 Å². The molecule has 0 unspecified atom stereocenters. The number of benzene rings is 3. The quantitative estimate of drug-likeness (QED) is 0.663. The second-order valence-corrected chi connectivity index (χ2v) is 8.93. The normalized spacial score (nSPS) is 11.4. The van der Waals surface area contributed by atoms with E-state index in [1.54, 1.807) is 18.2 Å². The lowest BCUT2D eigenvalue weighted by Gasteiger charge is -2.22. The molecule has 3 aromatic rings. The first-order chi connectivity index (χ1) is 13.3. The molecule has 0 aliphatic carbocycles. The van der Waals surface area contributed by atoms with Crippen molar-refractivity contribution in [3.05, 3.63) is 76.8 Å². The largest absolute Gasteiger partial charge is 0.350 e. The van der Waals surface area contributed by atoms with Gasteiger partial charge in [0.1, 0.15) is 6.54 Å². The molecule has 0 heterocycles. The van der Waals surface area contributed by atoms with Crippen molar-refractivity contribution in [2.24, 2.45) is 0 Å². The number of carbonyl (C=O) groups excluding carboxylic acids is 1. The maximum absolute atomic E-state index is 12.5. The van der Waals surface area contributed by atoms with Crippen LogP contribution in [0.2, 0.25) is 5.02 Å². The summed E-state index contributed by atoms with van der Waals surface area (Å²) in [5, 5.41) is 5.39. The first-order valence-electron chi connectivity index (χ1n) is 8.73. The second-order valence-electron chi connectivity index (χ2n) is 6.62. The van der Waals surface area contributed by atoms with Crippen LogP contribution >= 0.6 is 11.6 Å². The third kappa shape index (κ3) is 4.64. The van der Waals surface area contributed by atoms with Crippen LogP contribution in [0, 0.1) is 6.92 Å². The number of hydrogen-bond donors (Lipinski definition) is 1. The molecule has 0 aliphatic heterocycles. The van der Waals surface area contributed by atoms with Crippen LogP contribution in [0.3, 0.4) is 0 Å². The Morgan fingerprint density at radius 1 is 1.07 bits per heavy atom. The van der Waals surface area contributed by atoms with E-state index in [0.29, 0.717) is 17.3 Å². The van der Waals surface area contributed by atoms with Crippen LogP contribution < -0.4 is 9.62 Å². The Morgan fingerprint density at radius 2 is 1.79 bits per heavy atom. The van der Waals surface area contributed by atoms with E-state index in [1.807, 2.05) is 49.4 Å². The third-order valence-corrected chi connectivity index (χ3v) is 6.03. The van der Waals surface area contributed by atoms with Gasteiger partial charge in [-0.2, -0.15) is 0 Å². The van der Waals surface area contributed by atoms with Crippen LogP contribution in [0.1, 0.15) is 11.1 Å². The van der Waals surface area contributed by atoms with Gasteiger partial charge in [-0.05, 0) is 41.0 Å². The number of nitrogens with one attached hydrogen (secondary N) is 1. The van der Waals surface area contributed by atoms with Gasteiger partial charge in [0, 0.05) is 11.6 Å². The average Bonchev–Trinajstić information content (AvgIpc) is 2.66. The highest BCUT2D eigenvalue weighted by molar-refractivity contribution is 7.92. The fourth-order valence-electron chi connectivity index (χ4n) is 2.96. The Balaban J connectivity index is 1.76. The summed E-state index contributed by atoms with van der Waals surface area (Å²) in [6.45, 7) is 1.82. The number of halogens is 1. The number of nitrogens with zero attached hydrogens (tertiary/aromatic N) is 1. The zero-order valence-corrected chi connectivity index (χ0v) is 17.2. The molecule has 0 spiro atoms. The number of anilines is 1. The van der Waals surface area contributed by atoms with Gasteiger partial charge in [0.25, 0.3) is 0 Å². The predicted octanol–water partition coefficient (Wildman–Crippen LogP) is 3.88. The van der Waals surface area contributed by atoms with E-state index in [4.69, 9.17) is 11.6 Å². The van der Waals surface area contributed by atoms with Gasteiger partial charge < -0.3 is 5.32 Å². The second kappa shape index (κ2) is 8.20. The molecule has 1 N–H and O–H groups in total. The molecule has 0 bridgehead atoms. The van der Waals surface area contributed by atoms with Crippen molar-refractivity contribution in [3.63, 3.8) is 0 Å². The first-order valence-corrected chi connectivity index (χ1v) is 11.0. The number of rotatable bonds is 6. The number of hydrogen-bond acceptors (Lipinski definition) is 3. The van der Waals surface area contributed by atoms with Gasteiger partial charge in [-0.15, -0.1) is 0 Å². The van der Waals surface area contributed by atoms with E-state index >= 15 is 0 Å². The van der Waals surface area contributed by atoms with Gasteiger partial charge in [0.2, 0.25) is 15.9 Å². The van der Waals surface area contributed by atoms with Crippen LogP contribution in [0.4, 0.5) is 5.69 Å². The van der Waals surface area contributed by atoms with Crippen LogP contribution in [0.25, 0.3) is 10.8 Å². The molecule has 1 amide bonds. The van der Waals surface area contributed by atoms with E-state index < -0.39 is 15.9 Å². The summed E-state index contributed by atoms with van der Waals surface area (Å²) in [5.74, 6) is -0.393. The van der Waals surface area contributed by atoms with Crippen molar-refractivity contribution in [2.75, 3.05) is 17.1 Å². The van der Waals surface area contributed by atoms with Crippen molar-refractivity contribution in [1.82, 2.24) is 5.32 Å². The van der Waals surface area contributed by atoms with Crippen LogP contribution in [-0.4, -0.2) is 27.1 Å². The minimum absolute atomic E-state index is 0.312. The Bertz CT molecular complexity index is 1120. The summed E-state index contributed by atoms with van der Waals surface area (Å²) in [7, 11) is -3.65. The molecule has 0 aliphatic rings. The summed E-state index contributed by atoms with van der Waals surface area (Å²) in [5.41, 5.74) is 2.16. The van der Waals surface area contributed by atoms with E-state index in [-0.39, 0.29) is 6.54 Å². The smallest absolute Gasteiger partial charge is 0.241 e. The number of carbonyl (C=O) groups is 1. The topological polar surface area (TPSA) is 66.5 Å². The van der Waals surface area contributed by atoms with Gasteiger partial charge in [-0.25, -0.2) is 8.42 Å². The highest BCUT2D eigenvalue weighted by atomic mass is 35.5. The van der Waals surface area contributed by atoms with Gasteiger partial charge in [0.05, 0.1) is 11.9 Å². The van der Waals surface area contributed by atoms with E-state index in [0.717, 1.165) is 32.5 Å². The summed E-state index contributed by atoms with van der Waals surface area (Å²) < 4.78 is 25.5. The van der Waals surface area contributed by atoms with Crippen LogP contribution in [0.5, 0.6) is 0 Å².